The molecule has 0 atom stereocenters. The number of rotatable bonds is 17. The molecule has 30 heavy (non-hydrogen) atoms. The SMILES string of the molecule is CCCCC/C=C\C/C=C\C/C=C\C/C=C\CCCC(=O)OCCN1CCOCC1. The lowest BCUT2D eigenvalue weighted by molar-refractivity contribution is -0.144. The number of unbranched alkanes of at least 4 members (excludes halogenated alkanes) is 4. The fourth-order valence-corrected chi connectivity index (χ4v) is 3.11. The molecule has 0 amide bonds. The van der Waals surface area contributed by atoms with Crippen LogP contribution in [0.1, 0.15) is 71.1 Å². The average Bonchev–Trinajstić information content (AvgIpc) is 2.76. The van der Waals surface area contributed by atoms with Crippen LogP contribution in [0.25, 0.3) is 0 Å². The number of nitrogens with zero attached hydrogens (tertiary/aromatic N) is 1. The van der Waals surface area contributed by atoms with E-state index in [0.717, 1.165) is 65.0 Å². The van der Waals surface area contributed by atoms with Crippen LogP contribution in [-0.4, -0.2) is 50.3 Å². The van der Waals surface area contributed by atoms with Gasteiger partial charge in [0.1, 0.15) is 6.61 Å². The van der Waals surface area contributed by atoms with Gasteiger partial charge in [0.05, 0.1) is 13.2 Å². The van der Waals surface area contributed by atoms with E-state index in [-0.39, 0.29) is 5.97 Å². The summed E-state index contributed by atoms with van der Waals surface area (Å²) in [6, 6.07) is 0. The zero-order chi connectivity index (χ0) is 21.5. The Morgan fingerprint density at radius 3 is 2.00 bits per heavy atom. The molecule has 1 rings (SSSR count). The molecule has 0 aliphatic carbocycles. The molecule has 0 unspecified atom stereocenters. The van der Waals surface area contributed by atoms with Crippen LogP contribution in [0, 0.1) is 0 Å². The smallest absolute Gasteiger partial charge is 0.305 e. The fraction of sp³-hybridized carbons (Fsp3) is 0.654. The number of ether oxygens (including phenoxy) is 2. The second-order valence-corrected chi connectivity index (χ2v) is 7.66. The molecule has 4 nitrogen and oxygen atoms in total. The number of hydrogen-bond acceptors (Lipinski definition) is 4. The molecule has 1 aliphatic heterocycles. The molecule has 0 N–H and O–H groups in total. The monoisotopic (exact) mass is 417 g/mol. The van der Waals surface area contributed by atoms with Crippen LogP contribution in [0.5, 0.6) is 0 Å². The summed E-state index contributed by atoms with van der Waals surface area (Å²) in [6.45, 7) is 6.97. The molecule has 1 aliphatic rings. The van der Waals surface area contributed by atoms with Gasteiger partial charge in [0, 0.05) is 26.1 Å². The molecule has 1 saturated heterocycles. The molecular formula is C26H43NO3. The molecule has 0 aromatic rings. The lowest BCUT2D eigenvalue weighted by atomic mass is 10.2. The number of esters is 1. The standard InChI is InChI=1S/C26H43NO3/c1-2-3-4-5-6-7-8-9-10-11-12-13-14-15-16-17-18-19-26(28)30-25-22-27-20-23-29-24-21-27/h6-7,9-10,12-13,15-16H,2-5,8,11,14,17-25H2,1H3/b7-6-,10-9-,13-12-,16-15-. The summed E-state index contributed by atoms with van der Waals surface area (Å²) in [7, 11) is 0. The third kappa shape index (κ3) is 17.2. The maximum Gasteiger partial charge on any atom is 0.305 e. The minimum absolute atomic E-state index is 0.0841. The highest BCUT2D eigenvalue weighted by Gasteiger charge is 2.10. The first kappa shape index (κ1) is 26.4. The Balaban J connectivity index is 1.88. The first-order chi connectivity index (χ1) is 14.8. The van der Waals surface area contributed by atoms with E-state index in [1.165, 1.54) is 25.7 Å². The van der Waals surface area contributed by atoms with Gasteiger partial charge in [-0.15, -0.1) is 0 Å². The van der Waals surface area contributed by atoms with E-state index in [2.05, 4.69) is 60.4 Å². The minimum Gasteiger partial charge on any atom is -0.464 e. The largest absolute Gasteiger partial charge is 0.464 e. The lowest BCUT2D eigenvalue weighted by Crippen LogP contribution is -2.38. The summed E-state index contributed by atoms with van der Waals surface area (Å²) < 4.78 is 10.6. The first-order valence-electron chi connectivity index (χ1n) is 11.9. The normalized spacial score (nSPS) is 15.9. The van der Waals surface area contributed by atoms with Crippen molar-refractivity contribution in [2.24, 2.45) is 0 Å². The van der Waals surface area contributed by atoms with Crippen LogP contribution >= 0.6 is 0 Å². The Hall–Kier alpha value is -1.65. The Morgan fingerprint density at radius 2 is 1.40 bits per heavy atom. The molecule has 0 saturated carbocycles. The molecule has 0 aromatic carbocycles. The molecule has 0 radical (unpaired) electrons. The maximum absolute atomic E-state index is 11.7. The van der Waals surface area contributed by atoms with Crippen LogP contribution in [0.3, 0.4) is 0 Å². The van der Waals surface area contributed by atoms with E-state index < -0.39 is 0 Å². The number of hydrogen-bond donors (Lipinski definition) is 0. The average molecular weight is 418 g/mol. The van der Waals surface area contributed by atoms with Gasteiger partial charge < -0.3 is 9.47 Å². The predicted octanol–water partition coefficient (Wildman–Crippen LogP) is 6.01. The highest BCUT2D eigenvalue weighted by atomic mass is 16.5. The number of morpholine rings is 1. The van der Waals surface area contributed by atoms with Crippen molar-refractivity contribution in [2.45, 2.75) is 71.1 Å². The van der Waals surface area contributed by atoms with Crippen molar-refractivity contribution in [3.63, 3.8) is 0 Å². The summed E-state index contributed by atoms with van der Waals surface area (Å²) in [6.07, 6.45) is 28.2. The van der Waals surface area contributed by atoms with E-state index in [9.17, 15) is 4.79 Å². The highest BCUT2D eigenvalue weighted by Crippen LogP contribution is 2.03. The van der Waals surface area contributed by atoms with Crippen LogP contribution in [0.15, 0.2) is 48.6 Å². The third-order valence-electron chi connectivity index (χ3n) is 4.98. The van der Waals surface area contributed by atoms with Crippen molar-refractivity contribution in [3.05, 3.63) is 48.6 Å². The summed E-state index contributed by atoms with van der Waals surface area (Å²) in [5, 5.41) is 0. The summed E-state index contributed by atoms with van der Waals surface area (Å²) >= 11 is 0. The van der Waals surface area contributed by atoms with Crippen molar-refractivity contribution < 1.29 is 14.3 Å². The molecule has 0 spiro atoms. The van der Waals surface area contributed by atoms with Gasteiger partial charge in [-0.25, -0.2) is 0 Å². The van der Waals surface area contributed by atoms with Crippen LogP contribution in [-0.2, 0) is 14.3 Å². The fourth-order valence-electron chi connectivity index (χ4n) is 3.11. The topological polar surface area (TPSA) is 38.8 Å². The van der Waals surface area contributed by atoms with Crippen molar-refractivity contribution in [1.82, 2.24) is 4.90 Å². The Morgan fingerprint density at radius 1 is 0.833 bits per heavy atom. The first-order valence-corrected chi connectivity index (χ1v) is 11.9. The number of carbonyl (C=O) groups excluding carboxylic acids is 1. The number of carbonyl (C=O) groups is 1. The minimum atomic E-state index is -0.0841. The van der Waals surface area contributed by atoms with Gasteiger partial charge in [-0.1, -0.05) is 68.4 Å². The Bertz CT molecular complexity index is 516. The summed E-state index contributed by atoms with van der Waals surface area (Å²) in [5.41, 5.74) is 0. The predicted molar refractivity (Wildman–Crippen MR) is 127 cm³/mol. The lowest BCUT2D eigenvalue weighted by Gasteiger charge is -2.26. The zero-order valence-corrected chi connectivity index (χ0v) is 19.1. The van der Waals surface area contributed by atoms with Gasteiger partial charge in [-0.05, 0) is 44.9 Å². The van der Waals surface area contributed by atoms with E-state index >= 15 is 0 Å². The second-order valence-electron chi connectivity index (χ2n) is 7.66. The van der Waals surface area contributed by atoms with Gasteiger partial charge >= 0.3 is 5.97 Å². The molecule has 0 aromatic heterocycles. The van der Waals surface area contributed by atoms with Gasteiger partial charge in [0.25, 0.3) is 0 Å². The van der Waals surface area contributed by atoms with E-state index in [1.807, 2.05) is 0 Å². The number of allylic oxidation sites excluding steroid dienone is 8. The Kier molecular flexibility index (Phi) is 18.1. The molecule has 170 valence electrons. The molecular weight excluding hydrogens is 374 g/mol. The van der Waals surface area contributed by atoms with Crippen molar-refractivity contribution >= 4 is 5.97 Å². The third-order valence-corrected chi connectivity index (χ3v) is 4.98. The molecule has 4 heteroatoms. The maximum atomic E-state index is 11.7. The van der Waals surface area contributed by atoms with Crippen LogP contribution in [0.4, 0.5) is 0 Å². The van der Waals surface area contributed by atoms with Gasteiger partial charge in [-0.2, -0.15) is 0 Å². The summed E-state index contributed by atoms with van der Waals surface area (Å²) in [4.78, 5) is 14.0. The zero-order valence-electron chi connectivity index (χ0n) is 19.1. The second kappa shape index (κ2) is 20.6. The van der Waals surface area contributed by atoms with E-state index in [0.29, 0.717) is 13.0 Å². The molecule has 0 bridgehead atoms. The molecule has 1 heterocycles. The van der Waals surface area contributed by atoms with Crippen LogP contribution < -0.4 is 0 Å². The van der Waals surface area contributed by atoms with Gasteiger partial charge in [0.2, 0.25) is 0 Å². The van der Waals surface area contributed by atoms with Crippen molar-refractivity contribution in [2.75, 3.05) is 39.5 Å². The van der Waals surface area contributed by atoms with E-state index in [1.54, 1.807) is 0 Å². The summed E-state index contributed by atoms with van der Waals surface area (Å²) in [5.74, 6) is -0.0841. The van der Waals surface area contributed by atoms with Crippen molar-refractivity contribution in [1.29, 1.82) is 0 Å². The van der Waals surface area contributed by atoms with Gasteiger partial charge in [0.15, 0.2) is 0 Å². The van der Waals surface area contributed by atoms with E-state index in [4.69, 9.17) is 9.47 Å². The molecule has 1 fully saturated rings. The van der Waals surface area contributed by atoms with Crippen LogP contribution in [0.2, 0.25) is 0 Å². The Labute approximate surface area is 184 Å². The van der Waals surface area contributed by atoms with Gasteiger partial charge in [-0.3, -0.25) is 9.69 Å². The highest BCUT2D eigenvalue weighted by molar-refractivity contribution is 5.69. The van der Waals surface area contributed by atoms with Crippen molar-refractivity contribution in [3.8, 4) is 0 Å². The quantitative estimate of drug-likeness (QED) is 0.165.